The Morgan fingerprint density at radius 1 is 1.03 bits per heavy atom. The van der Waals surface area contributed by atoms with E-state index < -0.39 is 5.41 Å². The van der Waals surface area contributed by atoms with Crippen molar-refractivity contribution in [1.29, 1.82) is 0 Å². The maximum atomic E-state index is 13.6. The maximum absolute atomic E-state index is 13.6. The van der Waals surface area contributed by atoms with Gasteiger partial charge in [-0.1, -0.05) is 0 Å². The van der Waals surface area contributed by atoms with Crippen LogP contribution < -0.4 is 4.90 Å². The highest BCUT2D eigenvalue weighted by Gasteiger charge is 2.65. The van der Waals surface area contributed by atoms with Gasteiger partial charge in [-0.05, 0) is 44.4 Å². The molecule has 2 aromatic heterocycles. The second-order valence-corrected chi connectivity index (χ2v) is 8.94. The van der Waals surface area contributed by atoms with Crippen molar-refractivity contribution in [1.82, 2.24) is 24.8 Å². The minimum absolute atomic E-state index is 0.0196. The third kappa shape index (κ3) is 3.07. The van der Waals surface area contributed by atoms with Crippen LogP contribution in [0, 0.1) is 10.8 Å². The molecule has 3 fully saturated rings. The Balaban J connectivity index is 1.42. The lowest BCUT2D eigenvalue weighted by atomic mass is 9.60. The number of fused-ring (bicyclic) bond motifs is 1. The fourth-order valence-electron chi connectivity index (χ4n) is 5.89. The highest BCUT2D eigenvalue weighted by molar-refractivity contribution is 5.94. The molecule has 0 saturated carbocycles. The molecule has 2 spiro atoms. The summed E-state index contributed by atoms with van der Waals surface area (Å²) in [6, 6.07) is 5.41. The van der Waals surface area contributed by atoms with Crippen LogP contribution in [-0.2, 0) is 4.79 Å². The van der Waals surface area contributed by atoms with Crippen LogP contribution in [0.25, 0.3) is 0 Å². The number of likely N-dealkylation sites (tertiary alicyclic amines) is 2. The van der Waals surface area contributed by atoms with Crippen LogP contribution in [0.2, 0.25) is 0 Å². The number of hydrogen-bond acceptors (Lipinski definition) is 6. The van der Waals surface area contributed by atoms with E-state index in [1.807, 2.05) is 28.9 Å². The van der Waals surface area contributed by atoms with Crippen molar-refractivity contribution in [3.05, 3.63) is 48.5 Å². The van der Waals surface area contributed by atoms with Crippen LogP contribution in [0.3, 0.4) is 0 Å². The summed E-state index contributed by atoms with van der Waals surface area (Å²) in [5, 5.41) is 0. The van der Waals surface area contributed by atoms with Crippen molar-refractivity contribution in [2.24, 2.45) is 10.8 Å². The molecule has 8 heteroatoms. The molecule has 2 amide bonds. The summed E-state index contributed by atoms with van der Waals surface area (Å²) in [6.07, 6.45) is 9.29. The topological polar surface area (TPSA) is 82.5 Å². The molecule has 5 rings (SSSR count). The van der Waals surface area contributed by atoms with Gasteiger partial charge < -0.3 is 14.7 Å². The van der Waals surface area contributed by atoms with Gasteiger partial charge in [0.15, 0.2) is 0 Å². The Hall–Kier alpha value is -3.03. The van der Waals surface area contributed by atoms with E-state index in [0.717, 1.165) is 38.9 Å². The standard InChI is InChI=1S/C23H28N6O2/c1-2-27-14-8-23(20(27)31)17-29(21-25-10-4-11-26-21)16-22(23)6-12-28(13-7-22)19(30)18-5-3-9-24-15-18/h3-5,9-11,15H,2,6-8,12-14,16-17H2,1H3. The van der Waals surface area contributed by atoms with Crippen LogP contribution >= 0.6 is 0 Å². The molecule has 8 nitrogen and oxygen atoms in total. The van der Waals surface area contributed by atoms with Crippen molar-refractivity contribution in [2.75, 3.05) is 44.2 Å². The Labute approximate surface area is 182 Å². The molecule has 0 bridgehead atoms. The molecule has 1 atom stereocenters. The summed E-state index contributed by atoms with van der Waals surface area (Å²) in [6.45, 7) is 6.31. The number of hydrogen-bond donors (Lipinski definition) is 0. The quantitative estimate of drug-likeness (QED) is 0.754. The Morgan fingerprint density at radius 3 is 2.45 bits per heavy atom. The lowest BCUT2D eigenvalue weighted by molar-refractivity contribution is -0.141. The molecule has 1 unspecified atom stereocenters. The average Bonchev–Trinajstić information content (AvgIpc) is 3.33. The number of carbonyl (C=O) groups is 2. The van der Waals surface area contributed by atoms with Gasteiger partial charge in [0.25, 0.3) is 5.91 Å². The summed E-state index contributed by atoms with van der Waals surface area (Å²) in [5.41, 5.74) is 0.0258. The number of carbonyl (C=O) groups excluding carboxylic acids is 2. The highest BCUT2D eigenvalue weighted by atomic mass is 16.2. The number of aromatic nitrogens is 3. The van der Waals surface area contributed by atoms with Gasteiger partial charge in [-0.15, -0.1) is 0 Å². The largest absolute Gasteiger partial charge is 0.342 e. The predicted molar refractivity (Wildman–Crippen MR) is 115 cm³/mol. The van der Waals surface area contributed by atoms with Gasteiger partial charge in [0.05, 0.1) is 11.0 Å². The summed E-state index contributed by atoms with van der Waals surface area (Å²) >= 11 is 0. The normalized spacial score (nSPS) is 25.1. The third-order valence-electron chi connectivity index (χ3n) is 7.61. The summed E-state index contributed by atoms with van der Waals surface area (Å²) in [5.74, 6) is 0.974. The lowest BCUT2D eigenvalue weighted by Gasteiger charge is -2.46. The number of amides is 2. The molecule has 0 aromatic carbocycles. The zero-order valence-electron chi connectivity index (χ0n) is 17.9. The van der Waals surface area contributed by atoms with Crippen molar-refractivity contribution < 1.29 is 9.59 Å². The first-order valence-corrected chi connectivity index (χ1v) is 11.1. The van der Waals surface area contributed by atoms with E-state index in [1.165, 1.54) is 0 Å². The van der Waals surface area contributed by atoms with Gasteiger partial charge in [-0.25, -0.2) is 9.97 Å². The van der Waals surface area contributed by atoms with E-state index in [1.54, 1.807) is 30.9 Å². The van der Waals surface area contributed by atoms with Gasteiger partial charge in [0.1, 0.15) is 0 Å². The number of nitrogens with zero attached hydrogens (tertiary/aromatic N) is 6. The van der Waals surface area contributed by atoms with Crippen LogP contribution in [0.1, 0.15) is 36.5 Å². The number of anilines is 1. The van der Waals surface area contributed by atoms with Crippen LogP contribution in [0.5, 0.6) is 0 Å². The van der Waals surface area contributed by atoms with Gasteiger partial charge in [-0.2, -0.15) is 0 Å². The molecule has 5 heterocycles. The van der Waals surface area contributed by atoms with Gasteiger partial charge in [-0.3, -0.25) is 14.6 Å². The molecule has 3 aliphatic heterocycles. The third-order valence-corrected chi connectivity index (χ3v) is 7.61. The number of rotatable bonds is 3. The lowest BCUT2D eigenvalue weighted by Crippen LogP contribution is -2.53. The van der Waals surface area contributed by atoms with Gasteiger partial charge in [0, 0.05) is 69.5 Å². The monoisotopic (exact) mass is 420 g/mol. The fourth-order valence-corrected chi connectivity index (χ4v) is 5.89. The molecule has 162 valence electrons. The molecule has 0 N–H and O–H groups in total. The molecular formula is C23H28N6O2. The minimum Gasteiger partial charge on any atom is -0.342 e. The first-order valence-electron chi connectivity index (χ1n) is 11.1. The smallest absolute Gasteiger partial charge is 0.255 e. The van der Waals surface area contributed by atoms with E-state index in [9.17, 15) is 9.59 Å². The van der Waals surface area contributed by atoms with Crippen molar-refractivity contribution in [3.63, 3.8) is 0 Å². The van der Waals surface area contributed by atoms with Crippen LogP contribution in [-0.4, -0.2) is 75.8 Å². The first kappa shape index (κ1) is 19.9. The first-order chi connectivity index (χ1) is 15.1. The van der Waals surface area contributed by atoms with E-state index in [-0.39, 0.29) is 17.2 Å². The van der Waals surface area contributed by atoms with Crippen molar-refractivity contribution >= 4 is 17.8 Å². The Kier molecular flexibility index (Phi) is 4.87. The SMILES string of the molecule is CCN1CCC2(CN(c3ncccn3)CC23CCN(C(=O)c2cccnc2)CC3)C1=O. The van der Waals surface area contributed by atoms with E-state index in [4.69, 9.17) is 0 Å². The van der Waals surface area contributed by atoms with E-state index >= 15 is 0 Å². The molecule has 0 radical (unpaired) electrons. The minimum atomic E-state index is -0.425. The molecule has 3 aliphatic rings. The molecule has 31 heavy (non-hydrogen) atoms. The average molecular weight is 421 g/mol. The Bertz CT molecular complexity index is 961. The Morgan fingerprint density at radius 2 is 1.81 bits per heavy atom. The summed E-state index contributed by atoms with van der Waals surface area (Å²) in [7, 11) is 0. The molecule has 0 aliphatic carbocycles. The van der Waals surface area contributed by atoms with Crippen LogP contribution in [0.4, 0.5) is 5.95 Å². The van der Waals surface area contributed by atoms with E-state index in [0.29, 0.717) is 31.1 Å². The summed E-state index contributed by atoms with van der Waals surface area (Å²) in [4.78, 5) is 45.7. The highest BCUT2D eigenvalue weighted by Crippen LogP contribution is 2.58. The molecule has 3 saturated heterocycles. The van der Waals surface area contributed by atoms with Crippen molar-refractivity contribution in [2.45, 2.75) is 26.2 Å². The van der Waals surface area contributed by atoms with Gasteiger partial charge >= 0.3 is 0 Å². The fraction of sp³-hybridized carbons (Fsp3) is 0.522. The predicted octanol–water partition coefficient (Wildman–Crippen LogP) is 1.85. The van der Waals surface area contributed by atoms with Crippen LogP contribution in [0.15, 0.2) is 43.0 Å². The number of piperidine rings is 1. The van der Waals surface area contributed by atoms with E-state index in [2.05, 4.69) is 19.9 Å². The second kappa shape index (κ2) is 7.59. The zero-order valence-corrected chi connectivity index (χ0v) is 17.9. The second-order valence-electron chi connectivity index (χ2n) is 8.94. The summed E-state index contributed by atoms with van der Waals surface area (Å²) < 4.78 is 0. The maximum Gasteiger partial charge on any atom is 0.255 e. The van der Waals surface area contributed by atoms with Crippen molar-refractivity contribution in [3.8, 4) is 0 Å². The molecular weight excluding hydrogens is 392 g/mol. The molecule has 2 aromatic rings. The van der Waals surface area contributed by atoms with Gasteiger partial charge in [0.2, 0.25) is 11.9 Å². The zero-order chi connectivity index (χ0) is 21.5. The number of pyridine rings is 1.